The van der Waals surface area contributed by atoms with Crippen LogP contribution in [0.5, 0.6) is 0 Å². The Hall–Kier alpha value is -3.61. The first kappa shape index (κ1) is 19.2. The van der Waals surface area contributed by atoms with Crippen molar-refractivity contribution in [3.8, 4) is 0 Å². The Kier molecular flexibility index (Phi) is 6.06. The molecule has 3 aromatic rings. The average Bonchev–Trinajstić information content (AvgIpc) is 2.63. The number of anilines is 5. The van der Waals surface area contributed by atoms with E-state index in [1.807, 2.05) is 75.4 Å². The van der Waals surface area contributed by atoms with Crippen molar-refractivity contribution < 1.29 is 4.79 Å². The lowest BCUT2D eigenvalue weighted by atomic mass is 10.2. The van der Waals surface area contributed by atoms with Crippen LogP contribution in [0.15, 0.2) is 54.6 Å². The standard InChI is InChI=1S/C21H24N6O/c1-4-22-20-23-15(3)13-19(27-20)24-16-8-10-17(11-9-16)25-21(28)26-18-7-5-6-14(2)12-18/h5-13H,4H2,1-3H3,(H2,25,26,28)(H2,22,23,24,27). The van der Waals surface area contributed by atoms with Gasteiger partial charge in [0.1, 0.15) is 5.82 Å². The lowest BCUT2D eigenvalue weighted by Crippen LogP contribution is -2.19. The first-order valence-electron chi connectivity index (χ1n) is 9.13. The van der Waals surface area contributed by atoms with E-state index in [4.69, 9.17) is 0 Å². The van der Waals surface area contributed by atoms with Crippen LogP contribution in [0.3, 0.4) is 0 Å². The van der Waals surface area contributed by atoms with Gasteiger partial charge in [-0.3, -0.25) is 0 Å². The van der Waals surface area contributed by atoms with Crippen LogP contribution in [0.25, 0.3) is 0 Å². The minimum atomic E-state index is -0.284. The predicted molar refractivity (Wildman–Crippen MR) is 114 cm³/mol. The van der Waals surface area contributed by atoms with Gasteiger partial charge in [-0.2, -0.15) is 4.98 Å². The molecule has 0 atom stereocenters. The van der Waals surface area contributed by atoms with Gasteiger partial charge in [0.25, 0.3) is 0 Å². The summed E-state index contributed by atoms with van der Waals surface area (Å²) in [7, 11) is 0. The zero-order valence-electron chi connectivity index (χ0n) is 16.2. The third-order valence-corrected chi connectivity index (χ3v) is 3.88. The highest BCUT2D eigenvalue weighted by atomic mass is 16.2. The second kappa shape index (κ2) is 8.85. The number of urea groups is 1. The summed E-state index contributed by atoms with van der Waals surface area (Å²) in [6, 6.07) is 16.7. The molecule has 7 heteroatoms. The summed E-state index contributed by atoms with van der Waals surface area (Å²) in [5.41, 5.74) is 4.28. The fraction of sp³-hybridized carbons (Fsp3) is 0.190. The molecule has 0 fully saturated rings. The number of carbonyl (C=O) groups is 1. The van der Waals surface area contributed by atoms with Crippen LogP contribution in [0, 0.1) is 13.8 Å². The number of nitrogens with zero attached hydrogens (tertiary/aromatic N) is 2. The Morgan fingerprint density at radius 2 is 1.61 bits per heavy atom. The lowest BCUT2D eigenvalue weighted by Gasteiger charge is -2.11. The quantitative estimate of drug-likeness (QED) is 0.490. The molecule has 0 saturated heterocycles. The predicted octanol–water partition coefficient (Wildman–Crippen LogP) is 4.91. The van der Waals surface area contributed by atoms with Crippen molar-refractivity contribution in [1.82, 2.24) is 9.97 Å². The lowest BCUT2D eigenvalue weighted by molar-refractivity contribution is 0.262. The van der Waals surface area contributed by atoms with E-state index in [0.29, 0.717) is 17.5 Å². The second-order valence-corrected chi connectivity index (χ2v) is 6.40. The topological polar surface area (TPSA) is 91.0 Å². The van der Waals surface area contributed by atoms with Crippen LogP contribution in [-0.2, 0) is 0 Å². The van der Waals surface area contributed by atoms with Gasteiger partial charge in [-0.05, 0) is 62.7 Å². The minimum Gasteiger partial charge on any atom is -0.354 e. The summed E-state index contributed by atoms with van der Waals surface area (Å²) >= 11 is 0. The van der Waals surface area contributed by atoms with Crippen molar-refractivity contribution in [2.24, 2.45) is 0 Å². The van der Waals surface area contributed by atoms with E-state index in [1.165, 1.54) is 0 Å². The van der Waals surface area contributed by atoms with E-state index in [0.717, 1.165) is 29.2 Å². The third kappa shape index (κ3) is 5.44. The highest BCUT2D eigenvalue weighted by Crippen LogP contribution is 2.19. The molecule has 3 rings (SSSR count). The van der Waals surface area contributed by atoms with Gasteiger partial charge in [-0.15, -0.1) is 0 Å². The van der Waals surface area contributed by atoms with Crippen LogP contribution < -0.4 is 21.3 Å². The smallest absolute Gasteiger partial charge is 0.323 e. The van der Waals surface area contributed by atoms with Crippen molar-refractivity contribution >= 4 is 34.9 Å². The molecular weight excluding hydrogens is 352 g/mol. The number of amides is 2. The summed E-state index contributed by atoms with van der Waals surface area (Å²) in [4.78, 5) is 20.9. The molecule has 0 aliphatic carbocycles. The molecule has 0 bridgehead atoms. The number of nitrogens with one attached hydrogen (secondary N) is 4. The maximum absolute atomic E-state index is 12.1. The van der Waals surface area contributed by atoms with Crippen LogP contribution >= 0.6 is 0 Å². The zero-order chi connectivity index (χ0) is 19.9. The van der Waals surface area contributed by atoms with Crippen LogP contribution in [-0.4, -0.2) is 22.5 Å². The number of benzene rings is 2. The molecule has 0 saturated carbocycles. The minimum absolute atomic E-state index is 0.284. The van der Waals surface area contributed by atoms with Gasteiger partial charge in [-0.1, -0.05) is 12.1 Å². The van der Waals surface area contributed by atoms with E-state index in [9.17, 15) is 4.79 Å². The molecule has 0 radical (unpaired) electrons. The molecule has 1 aromatic heterocycles. The molecule has 0 aliphatic rings. The number of hydrogen-bond donors (Lipinski definition) is 4. The van der Waals surface area contributed by atoms with Gasteiger partial charge in [-0.25, -0.2) is 9.78 Å². The van der Waals surface area contributed by atoms with E-state index in [1.54, 1.807) is 0 Å². The normalized spacial score (nSPS) is 10.2. The molecular formula is C21H24N6O. The maximum Gasteiger partial charge on any atom is 0.323 e. The first-order chi connectivity index (χ1) is 13.5. The van der Waals surface area contributed by atoms with Crippen LogP contribution in [0.2, 0.25) is 0 Å². The summed E-state index contributed by atoms with van der Waals surface area (Å²) in [5.74, 6) is 1.30. The molecule has 144 valence electrons. The SMILES string of the molecule is CCNc1nc(C)cc(Nc2ccc(NC(=O)Nc3cccc(C)c3)cc2)n1. The zero-order valence-corrected chi connectivity index (χ0v) is 16.2. The molecule has 28 heavy (non-hydrogen) atoms. The molecule has 0 spiro atoms. The molecule has 2 aromatic carbocycles. The molecule has 1 heterocycles. The summed E-state index contributed by atoms with van der Waals surface area (Å²) in [5, 5.41) is 12.0. The Balaban J connectivity index is 1.61. The highest BCUT2D eigenvalue weighted by molar-refractivity contribution is 5.99. The maximum atomic E-state index is 12.1. The van der Waals surface area contributed by atoms with Gasteiger partial charge in [0.15, 0.2) is 0 Å². The monoisotopic (exact) mass is 376 g/mol. The molecule has 2 amide bonds. The molecule has 0 aliphatic heterocycles. The van der Waals surface area contributed by atoms with Crippen LogP contribution in [0.4, 0.5) is 33.6 Å². The Morgan fingerprint density at radius 1 is 0.893 bits per heavy atom. The van der Waals surface area contributed by atoms with Gasteiger partial charge in [0.2, 0.25) is 5.95 Å². The van der Waals surface area contributed by atoms with E-state index >= 15 is 0 Å². The van der Waals surface area contributed by atoms with E-state index < -0.39 is 0 Å². The highest BCUT2D eigenvalue weighted by Gasteiger charge is 2.05. The Morgan fingerprint density at radius 3 is 2.32 bits per heavy atom. The van der Waals surface area contributed by atoms with Crippen molar-refractivity contribution in [3.63, 3.8) is 0 Å². The fourth-order valence-electron chi connectivity index (χ4n) is 2.67. The molecule has 4 N–H and O–H groups in total. The van der Waals surface area contributed by atoms with Crippen LogP contribution in [0.1, 0.15) is 18.2 Å². The van der Waals surface area contributed by atoms with E-state index in [-0.39, 0.29) is 6.03 Å². The second-order valence-electron chi connectivity index (χ2n) is 6.40. The van der Waals surface area contributed by atoms with Gasteiger partial charge >= 0.3 is 6.03 Å². The summed E-state index contributed by atoms with van der Waals surface area (Å²) < 4.78 is 0. The number of rotatable bonds is 6. The fourth-order valence-corrected chi connectivity index (χ4v) is 2.67. The van der Waals surface area contributed by atoms with Crippen molar-refractivity contribution in [2.75, 3.05) is 27.8 Å². The molecule has 0 unspecified atom stereocenters. The largest absolute Gasteiger partial charge is 0.354 e. The van der Waals surface area contributed by atoms with Crippen molar-refractivity contribution in [1.29, 1.82) is 0 Å². The average molecular weight is 376 g/mol. The Bertz CT molecular complexity index is 955. The van der Waals surface area contributed by atoms with Gasteiger partial charge < -0.3 is 21.3 Å². The van der Waals surface area contributed by atoms with Gasteiger partial charge in [0, 0.05) is 35.4 Å². The number of carbonyl (C=O) groups excluding carboxylic acids is 1. The van der Waals surface area contributed by atoms with Gasteiger partial charge in [0.05, 0.1) is 0 Å². The number of aryl methyl sites for hydroxylation is 2. The molecule has 7 nitrogen and oxygen atoms in total. The Labute approximate surface area is 164 Å². The van der Waals surface area contributed by atoms with Crippen molar-refractivity contribution in [3.05, 3.63) is 65.9 Å². The third-order valence-electron chi connectivity index (χ3n) is 3.88. The summed E-state index contributed by atoms with van der Waals surface area (Å²) in [6.45, 7) is 6.66. The van der Waals surface area contributed by atoms with Crippen molar-refractivity contribution in [2.45, 2.75) is 20.8 Å². The van der Waals surface area contributed by atoms with E-state index in [2.05, 4.69) is 31.2 Å². The number of aromatic nitrogens is 2. The summed E-state index contributed by atoms with van der Waals surface area (Å²) in [6.07, 6.45) is 0. The number of hydrogen-bond acceptors (Lipinski definition) is 5. The first-order valence-corrected chi connectivity index (χ1v) is 9.13.